The van der Waals surface area contributed by atoms with Gasteiger partial charge in [-0.15, -0.1) is 0 Å². The highest BCUT2D eigenvalue weighted by molar-refractivity contribution is 6.29. The molecule has 0 radical (unpaired) electrons. The van der Waals surface area contributed by atoms with Gasteiger partial charge in [-0.05, 0) is 6.92 Å². The molecule has 1 amide bonds. The Morgan fingerprint density at radius 1 is 1.59 bits per heavy atom. The second kappa shape index (κ2) is 6.00. The van der Waals surface area contributed by atoms with Gasteiger partial charge in [0.15, 0.2) is 0 Å². The van der Waals surface area contributed by atoms with Crippen molar-refractivity contribution in [2.24, 2.45) is 0 Å². The van der Waals surface area contributed by atoms with E-state index in [2.05, 4.69) is 15.6 Å². The van der Waals surface area contributed by atoms with E-state index in [1.54, 1.807) is 6.92 Å². The van der Waals surface area contributed by atoms with Crippen LogP contribution in [0.3, 0.4) is 0 Å². The van der Waals surface area contributed by atoms with Gasteiger partial charge >= 0.3 is 0 Å². The van der Waals surface area contributed by atoms with Crippen molar-refractivity contribution < 1.29 is 9.72 Å². The number of carbonyl (C=O) groups excluding carboxylic acids is 1. The standard InChI is InChI=1S/C9H11ClN4O3/c1-2-11-9(15)5-12-8-4-6(14(16)17)3-7(10)13-8/h3-4H,2,5H2,1H3,(H,11,15)(H,12,13). The van der Waals surface area contributed by atoms with Crippen LogP contribution < -0.4 is 10.6 Å². The first kappa shape index (κ1) is 13.2. The Bertz CT molecular complexity index is 438. The van der Waals surface area contributed by atoms with Crippen molar-refractivity contribution >= 4 is 29.0 Å². The van der Waals surface area contributed by atoms with E-state index in [9.17, 15) is 14.9 Å². The summed E-state index contributed by atoms with van der Waals surface area (Å²) in [4.78, 5) is 24.9. The van der Waals surface area contributed by atoms with Gasteiger partial charge in [-0.1, -0.05) is 11.6 Å². The molecule has 0 spiro atoms. The van der Waals surface area contributed by atoms with Crippen LogP contribution in [0.5, 0.6) is 0 Å². The number of anilines is 1. The second-order valence-electron chi connectivity index (χ2n) is 3.10. The summed E-state index contributed by atoms with van der Waals surface area (Å²) in [5, 5.41) is 15.8. The van der Waals surface area contributed by atoms with Crippen molar-refractivity contribution in [2.75, 3.05) is 18.4 Å². The average Bonchev–Trinajstić information content (AvgIpc) is 2.26. The van der Waals surface area contributed by atoms with Gasteiger partial charge in [0.2, 0.25) is 5.91 Å². The molecule has 17 heavy (non-hydrogen) atoms. The van der Waals surface area contributed by atoms with Crippen LogP contribution in [-0.2, 0) is 4.79 Å². The Kier molecular flexibility index (Phi) is 4.65. The molecular weight excluding hydrogens is 248 g/mol. The van der Waals surface area contributed by atoms with E-state index in [1.165, 1.54) is 6.07 Å². The molecule has 1 rings (SSSR count). The summed E-state index contributed by atoms with van der Waals surface area (Å²) < 4.78 is 0. The fraction of sp³-hybridized carbons (Fsp3) is 0.333. The van der Waals surface area contributed by atoms with Crippen molar-refractivity contribution in [1.29, 1.82) is 0 Å². The smallest absolute Gasteiger partial charge is 0.276 e. The van der Waals surface area contributed by atoms with Crippen molar-refractivity contribution in [2.45, 2.75) is 6.92 Å². The highest BCUT2D eigenvalue weighted by atomic mass is 35.5. The number of rotatable bonds is 5. The fourth-order valence-corrected chi connectivity index (χ4v) is 1.31. The predicted molar refractivity (Wildman–Crippen MR) is 63.1 cm³/mol. The number of nitrogens with one attached hydrogen (secondary N) is 2. The molecule has 0 aromatic carbocycles. The summed E-state index contributed by atoms with van der Waals surface area (Å²) >= 11 is 5.61. The lowest BCUT2D eigenvalue weighted by molar-refractivity contribution is -0.384. The first-order valence-corrected chi connectivity index (χ1v) is 5.23. The number of amides is 1. The molecule has 0 saturated heterocycles. The molecule has 8 heteroatoms. The number of likely N-dealkylation sites (N-methyl/N-ethyl adjacent to an activating group) is 1. The molecule has 0 atom stereocenters. The summed E-state index contributed by atoms with van der Waals surface area (Å²) in [6.07, 6.45) is 0. The number of hydrogen-bond donors (Lipinski definition) is 2. The zero-order valence-electron chi connectivity index (χ0n) is 9.07. The Morgan fingerprint density at radius 3 is 2.88 bits per heavy atom. The lowest BCUT2D eigenvalue weighted by Crippen LogP contribution is -2.29. The van der Waals surface area contributed by atoms with E-state index in [1.807, 2.05) is 0 Å². The SMILES string of the molecule is CCNC(=O)CNc1cc([N+](=O)[O-])cc(Cl)n1. The molecule has 7 nitrogen and oxygen atoms in total. The number of halogens is 1. The molecule has 0 aliphatic carbocycles. The van der Waals surface area contributed by atoms with Crippen LogP contribution in [0.15, 0.2) is 12.1 Å². The minimum Gasteiger partial charge on any atom is -0.361 e. The van der Waals surface area contributed by atoms with Gasteiger partial charge in [-0.25, -0.2) is 4.98 Å². The summed E-state index contributed by atoms with van der Waals surface area (Å²) in [6, 6.07) is 2.35. The van der Waals surface area contributed by atoms with Crippen LogP contribution in [0.4, 0.5) is 11.5 Å². The molecule has 1 heterocycles. The summed E-state index contributed by atoms with van der Waals surface area (Å²) in [5.41, 5.74) is -0.177. The van der Waals surface area contributed by atoms with Gasteiger partial charge in [-0.2, -0.15) is 0 Å². The maximum Gasteiger partial charge on any atom is 0.276 e. The molecule has 0 unspecified atom stereocenters. The maximum absolute atomic E-state index is 11.2. The van der Waals surface area contributed by atoms with E-state index in [4.69, 9.17) is 11.6 Å². The van der Waals surface area contributed by atoms with Gasteiger partial charge in [-0.3, -0.25) is 14.9 Å². The number of carbonyl (C=O) groups is 1. The molecule has 0 fully saturated rings. The number of nitrogens with zero attached hydrogens (tertiary/aromatic N) is 2. The van der Waals surface area contributed by atoms with Gasteiger partial charge in [0.05, 0.1) is 23.6 Å². The number of nitro groups is 1. The van der Waals surface area contributed by atoms with E-state index < -0.39 is 4.92 Å². The fourth-order valence-electron chi connectivity index (χ4n) is 1.11. The minimum absolute atomic E-state index is 0.00222. The number of aromatic nitrogens is 1. The second-order valence-corrected chi connectivity index (χ2v) is 3.48. The van der Waals surface area contributed by atoms with Crippen LogP contribution >= 0.6 is 11.6 Å². The van der Waals surface area contributed by atoms with E-state index in [0.29, 0.717) is 6.54 Å². The van der Waals surface area contributed by atoms with Crippen LogP contribution in [0.1, 0.15) is 6.92 Å². The average molecular weight is 259 g/mol. The zero-order valence-corrected chi connectivity index (χ0v) is 9.82. The molecule has 0 bridgehead atoms. The minimum atomic E-state index is -0.579. The van der Waals surface area contributed by atoms with Crippen molar-refractivity contribution in [3.63, 3.8) is 0 Å². The number of hydrogen-bond acceptors (Lipinski definition) is 5. The third-order valence-corrected chi connectivity index (χ3v) is 1.99. The van der Waals surface area contributed by atoms with Crippen LogP contribution in [0.2, 0.25) is 5.15 Å². The third kappa shape index (κ3) is 4.23. The molecule has 1 aromatic rings. The van der Waals surface area contributed by atoms with Crippen molar-refractivity contribution in [1.82, 2.24) is 10.3 Å². The third-order valence-electron chi connectivity index (χ3n) is 1.79. The maximum atomic E-state index is 11.2. The Morgan fingerprint density at radius 2 is 2.29 bits per heavy atom. The van der Waals surface area contributed by atoms with Crippen molar-refractivity contribution in [3.05, 3.63) is 27.4 Å². The Balaban J connectivity index is 2.71. The zero-order chi connectivity index (χ0) is 12.8. The van der Waals surface area contributed by atoms with Crippen LogP contribution in [-0.4, -0.2) is 28.9 Å². The molecule has 2 N–H and O–H groups in total. The first-order chi connectivity index (χ1) is 8.02. The topological polar surface area (TPSA) is 97.2 Å². The van der Waals surface area contributed by atoms with E-state index in [-0.39, 0.29) is 29.1 Å². The monoisotopic (exact) mass is 258 g/mol. The van der Waals surface area contributed by atoms with Gasteiger partial charge in [0.1, 0.15) is 11.0 Å². The lowest BCUT2D eigenvalue weighted by Gasteiger charge is -2.05. The summed E-state index contributed by atoms with van der Waals surface area (Å²) in [6.45, 7) is 2.29. The normalized spacial score (nSPS) is 9.76. The predicted octanol–water partition coefficient (Wildman–Crippen LogP) is 1.19. The Labute approximate surface area is 102 Å². The number of pyridine rings is 1. The summed E-state index contributed by atoms with van der Waals surface area (Å²) in [5.74, 6) is -0.0348. The van der Waals surface area contributed by atoms with Gasteiger partial charge in [0.25, 0.3) is 5.69 Å². The van der Waals surface area contributed by atoms with Crippen LogP contribution in [0, 0.1) is 10.1 Å². The largest absolute Gasteiger partial charge is 0.361 e. The first-order valence-electron chi connectivity index (χ1n) is 4.85. The highest BCUT2D eigenvalue weighted by Crippen LogP contribution is 2.20. The van der Waals surface area contributed by atoms with E-state index in [0.717, 1.165) is 6.07 Å². The molecule has 0 aliphatic heterocycles. The lowest BCUT2D eigenvalue weighted by atomic mass is 10.4. The molecule has 92 valence electrons. The molecule has 0 aliphatic rings. The van der Waals surface area contributed by atoms with Crippen LogP contribution in [0.25, 0.3) is 0 Å². The molecular formula is C9H11ClN4O3. The van der Waals surface area contributed by atoms with E-state index >= 15 is 0 Å². The highest BCUT2D eigenvalue weighted by Gasteiger charge is 2.10. The van der Waals surface area contributed by atoms with Crippen molar-refractivity contribution in [3.8, 4) is 0 Å². The van der Waals surface area contributed by atoms with Gasteiger partial charge in [0, 0.05) is 6.54 Å². The van der Waals surface area contributed by atoms with Gasteiger partial charge < -0.3 is 10.6 Å². The molecule has 0 saturated carbocycles. The Hall–Kier alpha value is -1.89. The summed E-state index contributed by atoms with van der Waals surface area (Å²) in [7, 11) is 0. The quantitative estimate of drug-likeness (QED) is 0.470. The molecule has 1 aromatic heterocycles.